The molecule has 0 aromatic heterocycles. The van der Waals surface area contributed by atoms with Crippen molar-refractivity contribution in [2.75, 3.05) is 45.9 Å². The first-order valence-corrected chi connectivity index (χ1v) is 13.2. The van der Waals surface area contributed by atoms with Gasteiger partial charge < -0.3 is 15.0 Å². The van der Waals surface area contributed by atoms with Crippen LogP contribution in [0, 0.1) is 11.3 Å². The van der Waals surface area contributed by atoms with Gasteiger partial charge in [-0.1, -0.05) is 35.9 Å². The fourth-order valence-electron chi connectivity index (χ4n) is 4.30. The van der Waals surface area contributed by atoms with Crippen molar-refractivity contribution >= 4 is 23.1 Å². The van der Waals surface area contributed by atoms with Crippen molar-refractivity contribution < 1.29 is 9.53 Å². The van der Waals surface area contributed by atoms with Gasteiger partial charge in [0.15, 0.2) is 0 Å². The number of nitrogens with one attached hydrogen (secondary N) is 1. The Labute approximate surface area is 220 Å². The number of unbranched alkanes of at least 4 members (excludes halogenated alkanes) is 2. The molecule has 1 saturated heterocycles. The number of ether oxygens (including phenoxy) is 1. The molecule has 1 aliphatic heterocycles. The lowest BCUT2D eigenvalue weighted by molar-refractivity contribution is -0.123. The summed E-state index contributed by atoms with van der Waals surface area (Å²) in [6.45, 7) is 10.2. The van der Waals surface area contributed by atoms with Gasteiger partial charge in [-0.2, -0.15) is 5.26 Å². The van der Waals surface area contributed by atoms with E-state index in [-0.39, 0.29) is 11.9 Å². The molecule has 0 radical (unpaired) electrons. The van der Waals surface area contributed by atoms with Crippen LogP contribution in [0.4, 0.5) is 0 Å². The molecule has 0 saturated carbocycles. The second-order valence-electron chi connectivity index (χ2n) is 9.47. The Balaban J connectivity index is 1.32. The van der Waals surface area contributed by atoms with Gasteiger partial charge in [-0.15, -0.1) is 0 Å². The van der Waals surface area contributed by atoms with Gasteiger partial charge in [0.25, 0.3) is 0 Å². The lowest BCUT2D eigenvalue weighted by Crippen LogP contribution is -2.50. The normalized spacial score (nSPS) is 15.0. The summed E-state index contributed by atoms with van der Waals surface area (Å²) in [6, 6.07) is 17.7. The number of nitrogens with zero attached hydrogens (tertiary/aromatic N) is 3. The van der Waals surface area contributed by atoms with E-state index >= 15 is 0 Å². The minimum atomic E-state index is 0.119. The molecule has 1 heterocycles. The molecule has 1 N–H and O–H groups in total. The van der Waals surface area contributed by atoms with Crippen LogP contribution in [0.15, 0.2) is 54.6 Å². The first kappa shape index (κ1) is 27.7. The monoisotopic (exact) mass is 508 g/mol. The van der Waals surface area contributed by atoms with E-state index < -0.39 is 0 Å². The van der Waals surface area contributed by atoms with Crippen molar-refractivity contribution in [3.05, 3.63) is 70.8 Å². The quantitative estimate of drug-likeness (QED) is 0.323. The number of halogens is 1. The van der Waals surface area contributed by atoms with Crippen LogP contribution in [0.2, 0.25) is 5.02 Å². The van der Waals surface area contributed by atoms with Crippen LogP contribution in [0.3, 0.4) is 0 Å². The summed E-state index contributed by atoms with van der Waals surface area (Å²) >= 11 is 6.00. The zero-order valence-corrected chi connectivity index (χ0v) is 22.1. The predicted octanol–water partition coefficient (Wildman–Crippen LogP) is 4.99. The maximum absolute atomic E-state index is 11.9. The van der Waals surface area contributed by atoms with E-state index in [2.05, 4.69) is 21.2 Å². The lowest BCUT2D eigenvalue weighted by atomic mass is 9.98. The molecule has 0 aliphatic carbocycles. The molecule has 0 unspecified atom stereocenters. The Morgan fingerprint density at radius 3 is 2.22 bits per heavy atom. The molecule has 1 fully saturated rings. The number of carbonyl (C=O) groups excluding carboxylic acids is 1. The highest BCUT2D eigenvalue weighted by Gasteiger charge is 2.18. The minimum absolute atomic E-state index is 0.119. The molecule has 192 valence electrons. The van der Waals surface area contributed by atoms with Gasteiger partial charge in [0.2, 0.25) is 5.91 Å². The summed E-state index contributed by atoms with van der Waals surface area (Å²) in [7, 11) is 0. The Hall–Kier alpha value is -2.85. The van der Waals surface area contributed by atoms with E-state index in [4.69, 9.17) is 16.3 Å². The second kappa shape index (κ2) is 14.6. The summed E-state index contributed by atoms with van der Waals surface area (Å²) in [4.78, 5) is 16.7. The summed E-state index contributed by atoms with van der Waals surface area (Å²) in [5.74, 6) is 0.956. The largest absolute Gasteiger partial charge is 0.494 e. The number of piperazine rings is 1. The van der Waals surface area contributed by atoms with E-state index in [9.17, 15) is 10.1 Å². The number of allylic oxidation sites excluding steroid dienone is 1. The predicted molar refractivity (Wildman–Crippen MR) is 146 cm³/mol. The number of hydrogen-bond donors (Lipinski definition) is 1. The van der Waals surface area contributed by atoms with Crippen LogP contribution in [0.5, 0.6) is 5.75 Å². The Bertz CT molecular complexity index is 1020. The van der Waals surface area contributed by atoms with E-state index in [0.717, 1.165) is 74.4 Å². The highest BCUT2D eigenvalue weighted by molar-refractivity contribution is 6.30. The molecule has 0 atom stereocenters. The average molecular weight is 509 g/mol. The van der Waals surface area contributed by atoms with Crippen LogP contribution >= 0.6 is 11.6 Å². The Kier molecular flexibility index (Phi) is 11.3. The third kappa shape index (κ3) is 9.31. The maximum Gasteiger partial charge on any atom is 0.234 e. The maximum atomic E-state index is 11.9. The van der Waals surface area contributed by atoms with E-state index in [0.29, 0.717) is 18.2 Å². The van der Waals surface area contributed by atoms with Gasteiger partial charge in [-0.3, -0.25) is 9.69 Å². The van der Waals surface area contributed by atoms with Crippen molar-refractivity contribution in [3.8, 4) is 11.8 Å². The van der Waals surface area contributed by atoms with Crippen molar-refractivity contribution in [3.63, 3.8) is 0 Å². The molecular formula is C29H37ClN4O2. The summed E-state index contributed by atoms with van der Waals surface area (Å²) in [6.07, 6.45) is 4.85. The zero-order valence-electron chi connectivity index (χ0n) is 21.4. The Morgan fingerprint density at radius 1 is 1.00 bits per heavy atom. The number of carbonyl (C=O) groups is 1. The smallest absolute Gasteiger partial charge is 0.234 e. The highest BCUT2D eigenvalue weighted by atomic mass is 35.5. The second-order valence-corrected chi connectivity index (χ2v) is 9.90. The molecule has 1 aliphatic rings. The van der Waals surface area contributed by atoms with Gasteiger partial charge in [-0.25, -0.2) is 0 Å². The molecule has 3 rings (SSSR count). The minimum Gasteiger partial charge on any atom is -0.494 e. The van der Waals surface area contributed by atoms with Crippen LogP contribution in [-0.2, 0) is 4.79 Å². The number of amides is 1. The summed E-state index contributed by atoms with van der Waals surface area (Å²) in [5.41, 5.74) is 2.78. The fraction of sp³-hybridized carbons (Fsp3) is 0.448. The number of benzene rings is 2. The number of nitriles is 1. The van der Waals surface area contributed by atoms with Gasteiger partial charge in [0.05, 0.1) is 19.2 Å². The molecule has 2 aromatic rings. The first-order valence-electron chi connectivity index (χ1n) is 12.8. The van der Waals surface area contributed by atoms with E-state index in [1.54, 1.807) is 6.08 Å². The fourth-order valence-corrected chi connectivity index (χ4v) is 4.43. The number of rotatable bonds is 12. The van der Waals surface area contributed by atoms with Gasteiger partial charge in [0.1, 0.15) is 5.75 Å². The van der Waals surface area contributed by atoms with Crippen LogP contribution < -0.4 is 10.1 Å². The van der Waals surface area contributed by atoms with Crippen molar-refractivity contribution in [1.29, 1.82) is 5.26 Å². The van der Waals surface area contributed by atoms with Crippen LogP contribution in [0.1, 0.15) is 44.2 Å². The highest BCUT2D eigenvalue weighted by Crippen LogP contribution is 2.26. The first-order chi connectivity index (χ1) is 17.4. The molecule has 36 heavy (non-hydrogen) atoms. The molecular weight excluding hydrogens is 472 g/mol. The Morgan fingerprint density at radius 2 is 1.61 bits per heavy atom. The molecule has 0 bridgehead atoms. The van der Waals surface area contributed by atoms with E-state index in [1.807, 2.05) is 62.4 Å². The van der Waals surface area contributed by atoms with Crippen LogP contribution in [-0.4, -0.2) is 67.6 Å². The van der Waals surface area contributed by atoms with E-state index in [1.165, 1.54) is 0 Å². The lowest BCUT2D eigenvalue weighted by Gasteiger charge is -2.34. The van der Waals surface area contributed by atoms with Crippen molar-refractivity contribution in [1.82, 2.24) is 15.1 Å². The third-order valence-electron chi connectivity index (χ3n) is 6.20. The molecule has 6 nitrogen and oxygen atoms in total. The molecule has 7 heteroatoms. The SMILES string of the molecule is CC(C)NC(=O)CN1CCN(CCCCCOc2ccc(/C(=C\C#N)c3ccc(Cl)cc3)cc2)CC1. The standard InChI is InChI=1S/C29H37ClN4O2/c1-23(2)32-29(35)22-34-19-17-33(18-20-34)16-4-3-5-21-36-27-12-8-25(9-13-27)28(14-15-31)24-6-10-26(30)11-7-24/h6-14,23H,3-5,16-22H2,1-2H3,(H,32,35)/b28-14-. The van der Waals surface area contributed by atoms with Crippen molar-refractivity contribution in [2.24, 2.45) is 0 Å². The summed E-state index contributed by atoms with van der Waals surface area (Å²) < 4.78 is 5.93. The van der Waals surface area contributed by atoms with Gasteiger partial charge >= 0.3 is 0 Å². The third-order valence-corrected chi connectivity index (χ3v) is 6.45. The van der Waals surface area contributed by atoms with Gasteiger partial charge in [-0.05, 0) is 80.6 Å². The average Bonchev–Trinajstić information content (AvgIpc) is 2.86. The van der Waals surface area contributed by atoms with Crippen LogP contribution in [0.25, 0.3) is 5.57 Å². The molecule has 0 spiro atoms. The van der Waals surface area contributed by atoms with Gasteiger partial charge in [0, 0.05) is 43.3 Å². The topological polar surface area (TPSA) is 68.6 Å². The summed E-state index contributed by atoms with van der Waals surface area (Å²) in [5, 5.41) is 12.8. The van der Waals surface area contributed by atoms with Crippen molar-refractivity contribution in [2.45, 2.75) is 39.2 Å². The molecule has 1 amide bonds. The zero-order chi connectivity index (χ0) is 25.8. The molecule has 2 aromatic carbocycles. The number of hydrogen-bond acceptors (Lipinski definition) is 5.